The van der Waals surface area contributed by atoms with Crippen molar-refractivity contribution < 1.29 is 40.2 Å². The lowest BCUT2D eigenvalue weighted by Crippen LogP contribution is -2.23. The van der Waals surface area contributed by atoms with Gasteiger partial charge >= 0.3 is 0 Å². The SMILES string of the molecule is Cc1cccc(CCC(=O)c2c(O)c(O)cc3c(O)c(-c4c(C)cc5c(C(=O)NCc6cccc(C)c6)c(O)c(O)cc5c4O)c(C)cc23)c1. The Bertz CT molecular complexity index is 2210. The molecule has 0 radical (unpaired) electrons. The molecule has 0 saturated heterocycles. The Kier molecular flexibility index (Phi) is 8.76. The van der Waals surface area contributed by atoms with Crippen LogP contribution >= 0.6 is 0 Å². The van der Waals surface area contributed by atoms with Gasteiger partial charge in [-0.3, -0.25) is 9.59 Å². The number of hydrogen-bond acceptors (Lipinski definition) is 8. The van der Waals surface area contributed by atoms with E-state index in [0.29, 0.717) is 17.5 Å². The predicted octanol–water partition coefficient (Wildman–Crippen LogP) is 7.87. The molecule has 9 nitrogen and oxygen atoms in total. The second-order valence-electron chi connectivity index (χ2n) is 12.8. The van der Waals surface area contributed by atoms with Gasteiger partial charge in [-0.15, -0.1) is 0 Å². The highest BCUT2D eigenvalue weighted by molar-refractivity contribution is 6.16. The summed E-state index contributed by atoms with van der Waals surface area (Å²) < 4.78 is 0. The summed E-state index contributed by atoms with van der Waals surface area (Å²) in [5.74, 6) is -4.30. The molecule has 0 unspecified atom stereocenters. The second-order valence-corrected chi connectivity index (χ2v) is 12.8. The largest absolute Gasteiger partial charge is 0.507 e. The van der Waals surface area contributed by atoms with Gasteiger partial charge in [0.2, 0.25) is 0 Å². The van der Waals surface area contributed by atoms with Gasteiger partial charge in [0.15, 0.2) is 28.8 Å². The Hall–Kier alpha value is -6.22. The highest BCUT2D eigenvalue weighted by Gasteiger charge is 2.28. The van der Waals surface area contributed by atoms with E-state index < -0.39 is 34.7 Å². The van der Waals surface area contributed by atoms with E-state index in [9.17, 15) is 40.2 Å². The minimum atomic E-state index is -0.670. The van der Waals surface area contributed by atoms with E-state index in [0.717, 1.165) is 34.4 Å². The van der Waals surface area contributed by atoms with E-state index in [2.05, 4.69) is 5.32 Å². The minimum absolute atomic E-state index is 0.0406. The molecule has 0 aromatic heterocycles. The number of aryl methyl sites for hydroxylation is 5. The Balaban J connectivity index is 1.45. The number of fused-ring (bicyclic) bond motifs is 2. The van der Waals surface area contributed by atoms with Crippen molar-refractivity contribution in [1.82, 2.24) is 5.32 Å². The first kappa shape index (κ1) is 33.7. The number of rotatable bonds is 8. The minimum Gasteiger partial charge on any atom is -0.507 e. The van der Waals surface area contributed by atoms with Crippen molar-refractivity contribution in [2.75, 3.05) is 0 Å². The van der Waals surface area contributed by atoms with Crippen LogP contribution in [0.15, 0.2) is 72.8 Å². The quantitative estimate of drug-likeness (QED) is 0.0634. The number of nitrogens with one attached hydrogen (secondary N) is 1. The van der Waals surface area contributed by atoms with Crippen LogP contribution in [0.25, 0.3) is 32.7 Å². The fraction of sp³-hybridized carbons (Fsp3) is 0.171. The van der Waals surface area contributed by atoms with E-state index in [4.69, 9.17) is 0 Å². The maximum absolute atomic E-state index is 13.5. The van der Waals surface area contributed by atoms with Crippen LogP contribution in [0, 0.1) is 27.7 Å². The summed E-state index contributed by atoms with van der Waals surface area (Å²) >= 11 is 0. The van der Waals surface area contributed by atoms with Crippen molar-refractivity contribution in [3.63, 3.8) is 0 Å². The molecule has 0 heterocycles. The van der Waals surface area contributed by atoms with Gasteiger partial charge in [0, 0.05) is 45.6 Å². The van der Waals surface area contributed by atoms with Gasteiger partial charge in [0.1, 0.15) is 11.5 Å². The van der Waals surface area contributed by atoms with Crippen LogP contribution in [0.4, 0.5) is 0 Å². The van der Waals surface area contributed by atoms with Crippen molar-refractivity contribution in [1.29, 1.82) is 0 Å². The van der Waals surface area contributed by atoms with Crippen molar-refractivity contribution in [2.24, 2.45) is 0 Å². The molecule has 0 saturated carbocycles. The average molecular weight is 672 g/mol. The summed E-state index contributed by atoms with van der Waals surface area (Å²) in [7, 11) is 0. The first-order valence-electron chi connectivity index (χ1n) is 16.1. The molecule has 0 atom stereocenters. The second kappa shape index (κ2) is 13.0. The van der Waals surface area contributed by atoms with Gasteiger partial charge in [0.25, 0.3) is 5.91 Å². The molecule has 0 aliphatic carbocycles. The summed E-state index contributed by atoms with van der Waals surface area (Å²) in [6.45, 7) is 7.36. The monoisotopic (exact) mass is 671 g/mol. The van der Waals surface area contributed by atoms with Crippen molar-refractivity contribution in [2.45, 2.75) is 47.1 Å². The first-order valence-corrected chi connectivity index (χ1v) is 16.1. The lowest BCUT2D eigenvalue weighted by atomic mass is 9.86. The van der Waals surface area contributed by atoms with Crippen LogP contribution in [0.5, 0.6) is 34.5 Å². The average Bonchev–Trinajstić information content (AvgIpc) is 3.06. The lowest BCUT2D eigenvalue weighted by molar-refractivity contribution is 0.0947. The molecule has 0 aliphatic heterocycles. The molecule has 9 heteroatoms. The van der Waals surface area contributed by atoms with Gasteiger partial charge in [-0.05, 0) is 80.6 Å². The molecule has 0 aliphatic rings. The first-order chi connectivity index (χ1) is 23.8. The Labute approximate surface area is 288 Å². The highest BCUT2D eigenvalue weighted by atomic mass is 16.3. The van der Waals surface area contributed by atoms with Gasteiger partial charge in [-0.2, -0.15) is 0 Å². The van der Waals surface area contributed by atoms with E-state index in [-0.39, 0.29) is 68.3 Å². The number of phenolic OH excluding ortho intramolecular Hbond substituents is 6. The highest BCUT2D eigenvalue weighted by Crippen LogP contribution is 2.51. The standard InChI is InChI=1S/C41H37NO8/c1-20-7-5-9-24(13-20)11-12-30(43)35-26-15-22(3)33(37(46)28(26)17-31(44)39(35)48)34-23(4)16-27-29(38(34)47)18-32(45)40(49)36(27)41(50)42-19-25-10-6-8-21(2)14-25/h5-10,13-18,44-49H,11-12,19H2,1-4H3,(H,42,50). The molecular weight excluding hydrogens is 634 g/mol. The van der Waals surface area contributed by atoms with Crippen LogP contribution in [0.3, 0.4) is 0 Å². The molecule has 0 spiro atoms. The van der Waals surface area contributed by atoms with E-state index in [1.807, 2.05) is 62.4 Å². The van der Waals surface area contributed by atoms with Crippen molar-refractivity contribution in [3.05, 3.63) is 117 Å². The van der Waals surface area contributed by atoms with E-state index in [1.165, 1.54) is 0 Å². The zero-order valence-electron chi connectivity index (χ0n) is 28.0. The third kappa shape index (κ3) is 5.98. The molecule has 6 aromatic carbocycles. The molecule has 7 N–H and O–H groups in total. The van der Waals surface area contributed by atoms with Gasteiger partial charge in [-0.25, -0.2) is 0 Å². The van der Waals surface area contributed by atoms with E-state index in [1.54, 1.807) is 26.0 Å². The van der Waals surface area contributed by atoms with Crippen LogP contribution in [0.2, 0.25) is 0 Å². The maximum atomic E-state index is 13.5. The zero-order chi connectivity index (χ0) is 36.0. The molecule has 0 fully saturated rings. The van der Waals surface area contributed by atoms with Gasteiger partial charge < -0.3 is 36.0 Å². The molecule has 6 rings (SSSR count). The van der Waals surface area contributed by atoms with Crippen LogP contribution in [-0.2, 0) is 13.0 Å². The number of carbonyl (C=O) groups is 2. The van der Waals surface area contributed by atoms with Crippen molar-refractivity contribution in [3.8, 4) is 45.6 Å². The van der Waals surface area contributed by atoms with Gasteiger partial charge in [-0.1, -0.05) is 59.7 Å². The van der Waals surface area contributed by atoms with Crippen molar-refractivity contribution >= 4 is 33.2 Å². The summed E-state index contributed by atoms with van der Waals surface area (Å²) in [6.07, 6.45) is 0.442. The number of carbonyl (C=O) groups excluding carboxylic acids is 2. The number of phenols is 6. The molecule has 0 bridgehead atoms. The van der Waals surface area contributed by atoms with Crippen LogP contribution in [0.1, 0.15) is 60.5 Å². The maximum Gasteiger partial charge on any atom is 0.256 e. The van der Waals surface area contributed by atoms with E-state index >= 15 is 0 Å². The number of amides is 1. The smallest absolute Gasteiger partial charge is 0.256 e. The normalized spacial score (nSPS) is 11.3. The molecule has 50 heavy (non-hydrogen) atoms. The summed E-state index contributed by atoms with van der Waals surface area (Å²) in [5, 5.41) is 69.8. The number of hydrogen-bond donors (Lipinski definition) is 7. The molecular formula is C41H37NO8. The Morgan fingerprint density at radius 2 is 1.04 bits per heavy atom. The Morgan fingerprint density at radius 1 is 0.560 bits per heavy atom. The third-order valence-electron chi connectivity index (χ3n) is 9.15. The number of benzene rings is 6. The fourth-order valence-electron chi connectivity index (χ4n) is 6.74. The Morgan fingerprint density at radius 3 is 1.58 bits per heavy atom. The molecule has 254 valence electrons. The van der Waals surface area contributed by atoms with Crippen LogP contribution < -0.4 is 5.32 Å². The number of aromatic hydroxyl groups is 6. The zero-order valence-corrected chi connectivity index (χ0v) is 28.0. The molecule has 1 amide bonds. The molecule has 6 aromatic rings. The van der Waals surface area contributed by atoms with Gasteiger partial charge in [0.05, 0.1) is 11.1 Å². The number of Topliss-reactive ketones (excluding diaryl/α,β-unsaturated/α-hetero) is 1. The summed E-state index contributed by atoms with van der Waals surface area (Å²) in [5.41, 5.74) is 4.68. The van der Waals surface area contributed by atoms with Crippen LogP contribution in [-0.4, -0.2) is 42.3 Å². The fourth-order valence-corrected chi connectivity index (χ4v) is 6.74. The topological polar surface area (TPSA) is 168 Å². The predicted molar refractivity (Wildman–Crippen MR) is 193 cm³/mol. The number of ketones is 1. The summed E-state index contributed by atoms with van der Waals surface area (Å²) in [4.78, 5) is 27.0. The summed E-state index contributed by atoms with van der Waals surface area (Å²) in [6, 6.07) is 20.7. The third-order valence-corrected chi connectivity index (χ3v) is 9.15. The lowest BCUT2D eigenvalue weighted by Gasteiger charge is -2.20.